The van der Waals surface area contributed by atoms with Gasteiger partial charge in [-0.05, 0) is 30.9 Å². The van der Waals surface area contributed by atoms with Gasteiger partial charge >= 0.3 is 6.03 Å². The van der Waals surface area contributed by atoms with Gasteiger partial charge in [0.15, 0.2) is 0 Å². The van der Waals surface area contributed by atoms with Gasteiger partial charge in [0.05, 0.1) is 12.1 Å². The first-order valence-electron chi connectivity index (χ1n) is 10.6. The fraction of sp³-hybridized carbons (Fsp3) is 0.360. The maximum Gasteiger partial charge on any atom is 0.321 e. The topological polar surface area (TPSA) is 40.6 Å². The zero-order valence-corrected chi connectivity index (χ0v) is 18.2. The van der Waals surface area contributed by atoms with Gasteiger partial charge < -0.3 is 14.6 Å². The molecule has 2 heterocycles. The third-order valence-corrected chi connectivity index (χ3v) is 7.02. The second-order valence-corrected chi connectivity index (χ2v) is 9.13. The van der Waals surface area contributed by atoms with Crippen LogP contribution in [0.5, 0.6) is 0 Å². The van der Waals surface area contributed by atoms with Crippen LogP contribution < -0.4 is 0 Å². The Morgan fingerprint density at radius 3 is 2.20 bits per heavy atom. The van der Waals surface area contributed by atoms with E-state index in [0.717, 1.165) is 29.7 Å². The molecule has 0 unspecified atom stereocenters. The molecule has 0 aromatic heterocycles. The second-order valence-electron chi connectivity index (χ2n) is 8.03. The molecule has 2 aromatic rings. The van der Waals surface area contributed by atoms with Crippen molar-refractivity contribution in [2.75, 3.05) is 5.75 Å². The summed E-state index contributed by atoms with van der Waals surface area (Å²) in [6.45, 7) is 2.91. The highest BCUT2D eigenvalue weighted by Gasteiger charge is 2.50. The Kier molecular flexibility index (Phi) is 6.58. The fourth-order valence-corrected chi connectivity index (χ4v) is 5.70. The number of fused-ring (bicyclic) bond motifs is 1. The van der Waals surface area contributed by atoms with Crippen molar-refractivity contribution < 1.29 is 9.59 Å². The van der Waals surface area contributed by atoms with E-state index in [2.05, 4.69) is 30.3 Å². The Bertz CT molecular complexity index is 913. The molecule has 2 amide bonds. The molecule has 2 aromatic carbocycles. The van der Waals surface area contributed by atoms with E-state index in [-0.39, 0.29) is 23.9 Å². The third-order valence-electron chi connectivity index (χ3n) is 5.77. The van der Waals surface area contributed by atoms with Gasteiger partial charge in [-0.3, -0.25) is 0 Å². The van der Waals surface area contributed by atoms with Crippen molar-refractivity contribution in [3.63, 3.8) is 0 Å². The van der Waals surface area contributed by atoms with Gasteiger partial charge in [0.2, 0.25) is 0 Å². The second kappa shape index (κ2) is 9.52. The van der Waals surface area contributed by atoms with Crippen LogP contribution in [0.25, 0.3) is 0 Å². The molecule has 2 saturated heterocycles. The van der Waals surface area contributed by atoms with Crippen molar-refractivity contribution >= 4 is 23.6 Å². The first-order valence-corrected chi connectivity index (χ1v) is 11.6. The molecule has 2 fully saturated rings. The van der Waals surface area contributed by atoms with Crippen LogP contribution in [-0.2, 0) is 17.9 Å². The van der Waals surface area contributed by atoms with Gasteiger partial charge in [0.1, 0.15) is 5.78 Å². The minimum Gasteiger partial charge on any atom is -0.314 e. The molecule has 156 valence electrons. The number of hydrogen-bond acceptors (Lipinski definition) is 3. The number of carbonyl (C=O) groups excluding carboxylic acids is 2. The molecule has 0 aliphatic carbocycles. The van der Waals surface area contributed by atoms with E-state index in [0.29, 0.717) is 19.5 Å². The molecule has 2 atom stereocenters. The number of allylic oxidation sites excluding steroid dienone is 1. The number of benzene rings is 2. The van der Waals surface area contributed by atoms with Crippen LogP contribution in [0, 0.1) is 0 Å². The third kappa shape index (κ3) is 4.62. The van der Waals surface area contributed by atoms with Crippen molar-refractivity contribution in [1.82, 2.24) is 9.80 Å². The molecule has 0 bridgehead atoms. The number of nitrogens with zero attached hydrogens (tertiary/aromatic N) is 2. The minimum absolute atomic E-state index is 0.101. The maximum absolute atomic E-state index is 13.5. The van der Waals surface area contributed by atoms with Gasteiger partial charge in [-0.2, -0.15) is 0 Å². The average molecular weight is 421 g/mol. The molecule has 0 saturated carbocycles. The first-order chi connectivity index (χ1) is 14.6. The number of ketones is 1. The van der Waals surface area contributed by atoms with E-state index in [1.807, 2.05) is 58.0 Å². The number of amides is 2. The van der Waals surface area contributed by atoms with Crippen molar-refractivity contribution in [1.29, 1.82) is 0 Å². The highest BCUT2D eigenvalue weighted by Crippen LogP contribution is 2.43. The van der Waals surface area contributed by atoms with E-state index in [9.17, 15) is 9.59 Å². The smallest absolute Gasteiger partial charge is 0.314 e. The van der Waals surface area contributed by atoms with Crippen LogP contribution in [0.2, 0.25) is 0 Å². The Hall–Kier alpha value is -2.53. The molecule has 4 nitrogen and oxygen atoms in total. The number of hydrogen-bond donors (Lipinski definition) is 0. The quantitative estimate of drug-likeness (QED) is 0.432. The molecule has 4 rings (SSSR count). The summed E-state index contributed by atoms with van der Waals surface area (Å²) in [5.74, 6) is 1.16. The zero-order valence-electron chi connectivity index (χ0n) is 17.4. The monoisotopic (exact) mass is 420 g/mol. The lowest BCUT2D eigenvalue weighted by atomic mass is 10.1. The summed E-state index contributed by atoms with van der Waals surface area (Å²) in [5.41, 5.74) is 2.31. The van der Waals surface area contributed by atoms with E-state index < -0.39 is 0 Å². The average Bonchev–Trinajstić information content (AvgIpc) is 3.27. The van der Waals surface area contributed by atoms with Crippen LogP contribution in [0.4, 0.5) is 4.79 Å². The molecule has 0 spiro atoms. The Morgan fingerprint density at radius 1 is 1.00 bits per heavy atom. The number of urea groups is 1. The Morgan fingerprint density at radius 2 is 1.60 bits per heavy atom. The summed E-state index contributed by atoms with van der Waals surface area (Å²) in [5, 5.41) is 0. The van der Waals surface area contributed by atoms with Gasteiger partial charge in [0.25, 0.3) is 0 Å². The maximum atomic E-state index is 13.5. The normalized spacial score (nSPS) is 22.0. The SMILES string of the molecule is CC(=O)CCC/C=C1/SC[C@H]2[C@@H]1N(Cc1ccccc1)C(=O)N2Cc1ccccc1. The molecule has 0 radical (unpaired) electrons. The Labute approximate surface area is 182 Å². The van der Waals surface area contributed by atoms with E-state index in [4.69, 9.17) is 0 Å². The van der Waals surface area contributed by atoms with Gasteiger partial charge in [0, 0.05) is 30.2 Å². The summed E-state index contributed by atoms with van der Waals surface area (Å²) in [6, 6.07) is 20.9. The van der Waals surface area contributed by atoms with Crippen molar-refractivity contribution in [2.24, 2.45) is 0 Å². The van der Waals surface area contributed by atoms with Crippen molar-refractivity contribution in [3.05, 3.63) is 82.8 Å². The predicted molar refractivity (Wildman–Crippen MR) is 122 cm³/mol. The largest absolute Gasteiger partial charge is 0.321 e. The van der Waals surface area contributed by atoms with Crippen LogP contribution in [0.15, 0.2) is 71.6 Å². The summed E-state index contributed by atoms with van der Waals surface area (Å²) >= 11 is 1.86. The lowest BCUT2D eigenvalue weighted by Crippen LogP contribution is -2.35. The van der Waals surface area contributed by atoms with E-state index in [1.54, 1.807) is 6.92 Å². The van der Waals surface area contributed by atoms with Crippen LogP contribution >= 0.6 is 11.8 Å². The Balaban J connectivity index is 1.56. The van der Waals surface area contributed by atoms with Crippen LogP contribution in [0.3, 0.4) is 0 Å². The number of unbranched alkanes of at least 4 members (excludes halogenated alkanes) is 1. The standard InChI is InChI=1S/C25H28N2O2S/c1-19(28)10-8-9-15-23-24-22(18-30-23)26(16-20-11-4-2-5-12-20)25(29)27(24)17-21-13-6-3-7-14-21/h2-7,11-15,22,24H,8-10,16-18H2,1H3/b23-15+/t22-,24-/m0/s1. The summed E-state index contributed by atoms with van der Waals surface area (Å²) < 4.78 is 0. The van der Waals surface area contributed by atoms with Crippen molar-refractivity contribution in [3.8, 4) is 0 Å². The molecular formula is C25H28N2O2S. The highest BCUT2D eigenvalue weighted by molar-refractivity contribution is 8.03. The number of thioether (sulfide) groups is 1. The van der Waals surface area contributed by atoms with Crippen LogP contribution in [0.1, 0.15) is 37.3 Å². The zero-order chi connectivity index (χ0) is 20.9. The fourth-order valence-electron chi connectivity index (χ4n) is 4.28. The van der Waals surface area contributed by atoms with Gasteiger partial charge in [-0.25, -0.2) is 4.79 Å². The lowest BCUT2D eigenvalue weighted by Gasteiger charge is -2.23. The van der Waals surface area contributed by atoms with Gasteiger partial charge in [-0.15, -0.1) is 11.8 Å². The molecule has 0 N–H and O–H groups in total. The summed E-state index contributed by atoms with van der Waals surface area (Å²) in [4.78, 5) is 30.1. The highest BCUT2D eigenvalue weighted by atomic mass is 32.2. The van der Waals surface area contributed by atoms with E-state index in [1.165, 1.54) is 4.91 Å². The summed E-state index contributed by atoms with van der Waals surface area (Å²) in [6.07, 6.45) is 4.64. The number of rotatable bonds is 8. The molecule has 2 aliphatic rings. The number of carbonyl (C=O) groups is 2. The molecular weight excluding hydrogens is 392 g/mol. The lowest BCUT2D eigenvalue weighted by molar-refractivity contribution is -0.117. The molecule has 30 heavy (non-hydrogen) atoms. The number of Topliss-reactive ketones (excluding diaryl/α,β-unsaturated/α-hetero) is 1. The summed E-state index contributed by atoms with van der Waals surface area (Å²) in [7, 11) is 0. The van der Waals surface area contributed by atoms with Crippen molar-refractivity contribution in [2.45, 2.75) is 51.4 Å². The van der Waals surface area contributed by atoms with E-state index >= 15 is 0 Å². The van der Waals surface area contributed by atoms with Crippen LogP contribution in [-0.4, -0.2) is 39.5 Å². The van der Waals surface area contributed by atoms with Gasteiger partial charge in [-0.1, -0.05) is 66.7 Å². The minimum atomic E-state index is 0.101. The molecule has 5 heteroatoms. The predicted octanol–water partition coefficient (Wildman–Crippen LogP) is 5.25. The molecule has 2 aliphatic heterocycles. The first kappa shape index (κ1) is 20.7.